The molecule has 45 heavy (non-hydrogen) atoms. The van der Waals surface area contributed by atoms with Crippen LogP contribution < -0.4 is 4.90 Å². The maximum Gasteiger partial charge on any atom is 0.0556 e. The molecule has 2 aliphatic rings. The van der Waals surface area contributed by atoms with E-state index in [1.54, 1.807) is 0 Å². The molecule has 0 fully saturated rings. The van der Waals surface area contributed by atoms with Gasteiger partial charge in [0, 0.05) is 22.3 Å². The molecule has 2 heteroatoms. The van der Waals surface area contributed by atoms with E-state index in [0.717, 1.165) is 0 Å². The number of rotatable bonds is 2. The van der Waals surface area contributed by atoms with Crippen LogP contribution in [-0.2, 0) is 5.41 Å². The summed E-state index contributed by atoms with van der Waals surface area (Å²) < 4.78 is 0. The Morgan fingerprint density at radius 3 is 1.98 bits per heavy atom. The molecule has 7 aromatic carbocycles. The summed E-state index contributed by atoms with van der Waals surface area (Å²) in [5.41, 5.74) is 14.4. The highest BCUT2D eigenvalue weighted by Gasteiger charge is 2.35. The first kappa shape index (κ1) is 26.6. The number of hydrogen-bond acceptors (Lipinski definition) is 2. The van der Waals surface area contributed by atoms with Crippen molar-refractivity contribution in [3.05, 3.63) is 144 Å². The van der Waals surface area contributed by atoms with Crippen LogP contribution in [0.1, 0.15) is 30.5 Å². The Bertz CT molecular complexity index is 2360. The van der Waals surface area contributed by atoms with E-state index >= 15 is 0 Å². The molecule has 0 radical (unpaired) electrons. The summed E-state index contributed by atoms with van der Waals surface area (Å²) in [7, 11) is 2.19. The van der Waals surface area contributed by atoms with Crippen LogP contribution >= 0.6 is 11.8 Å². The fourth-order valence-electron chi connectivity index (χ4n) is 7.86. The third-order valence-corrected chi connectivity index (χ3v) is 11.2. The lowest BCUT2D eigenvalue weighted by molar-refractivity contribution is 0.660. The van der Waals surface area contributed by atoms with Crippen LogP contribution in [0, 0.1) is 6.92 Å². The lowest BCUT2D eigenvalue weighted by Crippen LogP contribution is -2.14. The summed E-state index contributed by atoms with van der Waals surface area (Å²) in [4.78, 5) is 4.94. The summed E-state index contributed by atoms with van der Waals surface area (Å²) in [6, 6.07) is 47.8. The summed E-state index contributed by atoms with van der Waals surface area (Å²) in [5.74, 6) is 0. The maximum absolute atomic E-state index is 2.47. The molecule has 0 saturated heterocycles. The van der Waals surface area contributed by atoms with Gasteiger partial charge in [-0.1, -0.05) is 128 Å². The second-order valence-electron chi connectivity index (χ2n) is 13.1. The van der Waals surface area contributed by atoms with Gasteiger partial charge in [0.15, 0.2) is 0 Å². The fraction of sp³-hybridized carbons (Fsp3) is 0.116. The van der Waals surface area contributed by atoms with Crippen molar-refractivity contribution in [1.29, 1.82) is 0 Å². The van der Waals surface area contributed by atoms with Crippen LogP contribution in [0.4, 0.5) is 11.4 Å². The summed E-state index contributed by atoms with van der Waals surface area (Å²) >= 11 is 1.86. The average molecular weight is 596 g/mol. The topological polar surface area (TPSA) is 3.24 Å². The second kappa shape index (κ2) is 9.60. The molecule has 0 bridgehead atoms. The third-order valence-electron chi connectivity index (χ3n) is 10.1. The van der Waals surface area contributed by atoms with Crippen LogP contribution in [0.2, 0.25) is 0 Å². The zero-order valence-electron chi connectivity index (χ0n) is 26.0. The van der Waals surface area contributed by atoms with Crippen molar-refractivity contribution in [3.8, 4) is 33.4 Å². The molecule has 0 aromatic heterocycles. The van der Waals surface area contributed by atoms with E-state index in [-0.39, 0.29) is 5.41 Å². The number of benzene rings is 7. The van der Waals surface area contributed by atoms with E-state index in [9.17, 15) is 0 Å². The van der Waals surface area contributed by atoms with Crippen molar-refractivity contribution in [2.75, 3.05) is 11.9 Å². The monoisotopic (exact) mass is 595 g/mol. The Morgan fingerprint density at radius 1 is 0.511 bits per heavy atom. The van der Waals surface area contributed by atoms with Crippen molar-refractivity contribution in [3.63, 3.8) is 0 Å². The number of nitrogens with zero attached hydrogens (tertiary/aromatic N) is 1. The number of fused-ring (bicyclic) bond motifs is 7. The van der Waals surface area contributed by atoms with Crippen LogP contribution in [0.5, 0.6) is 0 Å². The van der Waals surface area contributed by atoms with Gasteiger partial charge in [-0.2, -0.15) is 0 Å². The fourth-order valence-corrected chi connectivity index (χ4v) is 8.99. The summed E-state index contributed by atoms with van der Waals surface area (Å²) in [6.45, 7) is 6.95. The minimum absolute atomic E-state index is 0.0458. The van der Waals surface area contributed by atoms with E-state index in [0.29, 0.717) is 0 Å². The van der Waals surface area contributed by atoms with E-state index in [1.165, 1.54) is 92.8 Å². The van der Waals surface area contributed by atoms with E-state index in [4.69, 9.17) is 0 Å². The van der Waals surface area contributed by atoms with Crippen LogP contribution in [0.15, 0.2) is 137 Å². The molecule has 0 spiro atoms. The first-order valence-electron chi connectivity index (χ1n) is 15.7. The standard InChI is InChI=1S/C43H33NS/c1-26-17-20-33-34(23-26)42(28-19-22-40-38(25-28)44(4)37-15-9-10-16-39(37)45-40)32-13-6-5-12-31(32)41(33)27-18-21-30-29-11-7-8-14-35(29)43(2,3)36(30)24-27/h5-25H,1-4H3. The highest BCUT2D eigenvalue weighted by atomic mass is 32.2. The molecular formula is C43H33NS. The van der Waals surface area contributed by atoms with Gasteiger partial charge in [-0.25, -0.2) is 0 Å². The van der Waals surface area contributed by atoms with Gasteiger partial charge < -0.3 is 4.90 Å². The Hall–Kier alpha value is -4.79. The largest absolute Gasteiger partial charge is 0.343 e. The predicted octanol–water partition coefficient (Wildman–Crippen LogP) is 12.2. The Kier molecular flexibility index (Phi) is 5.68. The van der Waals surface area contributed by atoms with E-state index in [2.05, 4.69) is 160 Å². The normalized spacial score (nSPS) is 14.3. The maximum atomic E-state index is 2.47. The zero-order chi connectivity index (χ0) is 30.4. The quantitative estimate of drug-likeness (QED) is 0.183. The molecule has 0 unspecified atom stereocenters. The first-order chi connectivity index (χ1) is 21.9. The SMILES string of the molecule is Cc1ccc2c(-c3ccc4c(c3)C(C)(C)c3ccccc3-4)c3ccccc3c(-c3ccc4c(c3)N(C)c3ccccc3S4)c2c1. The Morgan fingerprint density at radius 2 is 1.13 bits per heavy atom. The van der Waals surface area contributed by atoms with Crippen molar-refractivity contribution < 1.29 is 0 Å². The zero-order valence-corrected chi connectivity index (χ0v) is 26.8. The second-order valence-corrected chi connectivity index (χ2v) is 14.2. The van der Waals surface area contributed by atoms with Crippen molar-refractivity contribution >= 4 is 44.7 Å². The molecule has 0 N–H and O–H groups in total. The molecule has 1 aliphatic heterocycles. The van der Waals surface area contributed by atoms with Crippen molar-refractivity contribution in [2.24, 2.45) is 0 Å². The number of para-hydroxylation sites is 1. The van der Waals surface area contributed by atoms with E-state index < -0.39 is 0 Å². The van der Waals surface area contributed by atoms with Crippen molar-refractivity contribution in [1.82, 2.24) is 0 Å². The first-order valence-corrected chi connectivity index (χ1v) is 16.6. The number of aryl methyl sites for hydroxylation is 1. The molecule has 1 heterocycles. The molecule has 1 aliphatic carbocycles. The third kappa shape index (κ3) is 3.82. The molecule has 0 atom stereocenters. The molecule has 216 valence electrons. The van der Waals surface area contributed by atoms with Gasteiger partial charge in [0.2, 0.25) is 0 Å². The smallest absolute Gasteiger partial charge is 0.0556 e. The van der Waals surface area contributed by atoms with Gasteiger partial charge in [-0.05, 0) is 103 Å². The summed E-state index contributed by atoms with van der Waals surface area (Å²) in [6.07, 6.45) is 0. The van der Waals surface area contributed by atoms with Gasteiger partial charge in [-0.15, -0.1) is 0 Å². The van der Waals surface area contributed by atoms with Crippen LogP contribution in [-0.4, -0.2) is 7.05 Å². The molecule has 7 aromatic rings. The molecule has 9 rings (SSSR count). The Balaban J connectivity index is 1.30. The molecule has 0 amide bonds. The molecular weight excluding hydrogens is 563 g/mol. The van der Waals surface area contributed by atoms with Gasteiger partial charge >= 0.3 is 0 Å². The molecule has 0 saturated carbocycles. The van der Waals surface area contributed by atoms with Crippen molar-refractivity contribution in [2.45, 2.75) is 36.0 Å². The van der Waals surface area contributed by atoms with E-state index in [1.807, 2.05) is 11.8 Å². The lowest BCUT2D eigenvalue weighted by Gasteiger charge is -2.30. The van der Waals surface area contributed by atoms with Crippen LogP contribution in [0.25, 0.3) is 54.9 Å². The average Bonchev–Trinajstić information content (AvgIpc) is 3.29. The predicted molar refractivity (Wildman–Crippen MR) is 193 cm³/mol. The molecule has 1 nitrogen and oxygen atoms in total. The van der Waals surface area contributed by atoms with Gasteiger partial charge in [0.05, 0.1) is 11.4 Å². The minimum atomic E-state index is -0.0458. The van der Waals surface area contributed by atoms with Gasteiger partial charge in [-0.3, -0.25) is 0 Å². The minimum Gasteiger partial charge on any atom is -0.343 e. The van der Waals surface area contributed by atoms with Gasteiger partial charge in [0.25, 0.3) is 0 Å². The van der Waals surface area contributed by atoms with Crippen LogP contribution in [0.3, 0.4) is 0 Å². The number of anilines is 2. The highest BCUT2D eigenvalue weighted by Crippen LogP contribution is 2.53. The summed E-state index contributed by atoms with van der Waals surface area (Å²) in [5, 5.41) is 5.19. The highest BCUT2D eigenvalue weighted by molar-refractivity contribution is 7.99. The lowest BCUT2D eigenvalue weighted by atomic mass is 9.80. The number of hydrogen-bond donors (Lipinski definition) is 0. The van der Waals surface area contributed by atoms with Gasteiger partial charge in [0.1, 0.15) is 0 Å². The Labute approximate surface area is 269 Å².